The average Bonchev–Trinajstić information content (AvgIpc) is 3.23. The highest BCUT2D eigenvalue weighted by atomic mass is 35.5. The van der Waals surface area contributed by atoms with Crippen molar-refractivity contribution in [3.63, 3.8) is 0 Å². The van der Waals surface area contributed by atoms with Gasteiger partial charge in [-0.2, -0.15) is 0 Å². The van der Waals surface area contributed by atoms with E-state index in [4.69, 9.17) is 25.8 Å². The minimum Gasteiger partial charge on any atom is -0.490 e. The number of benzene rings is 3. The van der Waals surface area contributed by atoms with Gasteiger partial charge in [0.15, 0.2) is 0 Å². The van der Waals surface area contributed by atoms with Gasteiger partial charge in [0.1, 0.15) is 11.0 Å². The fourth-order valence-corrected chi connectivity index (χ4v) is 10.6. The predicted octanol–water partition coefficient (Wildman–Crippen LogP) is 7.27. The van der Waals surface area contributed by atoms with E-state index in [2.05, 4.69) is 33.9 Å². The highest BCUT2D eigenvalue weighted by Gasteiger charge is 2.45. The number of rotatable bonds is 5. The number of allylic oxidation sites excluding steroid dienone is 1. The van der Waals surface area contributed by atoms with Crippen LogP contribution in [0, 0.1) is 17.8 Å². The first kappa shape index (κ1) is 35.1. The van der Waals surface area contributed by atoms with Crippen LogP contribution in [-0.2, 0) is 31.3 Å². The lowest BCUT2D eigenvalue weighted by Gasteiger charge is -2.46. The summed E-state index contributed by atoms with van der Waals surface area (Å²) in [5.41, 5.74) is 4.00. The Morgan fingerprint density at radius 1 is 1.06 bits per heavy atom. The minimum atomic E-state index is -4.13. The lowest BCUT2D eigenvalue weighted by molar-refractivity contribution is -0.0309. The molecule has 10 heteroatoms. The van der Waals surface area contributed by atoms with Crippen molar-refractivity contribution in [3.05, 3.63) is 106 Å². The SMILES string of the molecule is COCCO[C@H]1/C=C/C[C@H](C)[C@@H](c2ccccc2)S(=O)(=O)NC(=O)c2ccc3c(c2)N(C[C@@H]2CC[C@H]21)C[C@@]1(CCCc2cc(Cl)ccc21)CO3. The van der Waals surface area contributed by atoms with E-state index >= 15 is 0 Å². The van der Waals surface area contributed by atoms with E-state index in [1.807, 2.05) is 55.5 Å². The van der Waals surface area contributed by atoms with Gasteiger partial charge in [-0.25, -0.2) is 13.1 Å². The third-order valence-corrected chi connectivity index (χ3v) is 13.4. The molecule has 4 aliphatic rings. The molecule has 1 spiro atoms. The van der Waals surface area contributed by atoms with Crippen LogP contribution in [-0.4, -0.2) is 60.4 Å². The van der Waals surface area contributed by atoms with Gasteiger partial charge >= 0.3 is 0 Å². The zero-order valence-electron chi connectivity index (χ0n) is 28.9. The Hall–Kier alpha value is -3.37. The van der Waals surface area contributed by atoms with Crippen LogP contribution >= 0.6 is 11.6 Å². The molecule has 1 saturated carbocycles. The number of halogens is 1. The number of fused-ring (bicyclic) bond motifs is 4. The fraction of sp³-hybridized carbons (Fsp3) is 0.475. The van der Waals surface area contributed by atoms with E-state index in [0.717, 1.165) is 49.4 Å². The van der Waals surface area contributed by atoms with Crippen LogP contribution in [0.5, 0.6) is 5.75 Å². The molecule has 1 fully saturated rings. The number of sulfonamides is 1. The number of ether oxygens (including phenoxy) is 3. The molecule has 1 N–H and O–H groups in total. The van der Waals surface area contributed by atoms with E-state index in [1.54, 1.807) is 13.2 Å². The second kappa shape index (κ2) is 14.7. The molecule has 2 aliphatic carbocycles. The standard InChI is InChI=1S/C40H47ClN2O6S/c1-27-8-6-12-36(48-21-20-47-2)33-16-13-31(33)24-43-25-40(19-7-11-29-22-32(41)15-17-34(29)40)26-49-37-18-14-30(23-35(37)43)39(44)42-50(45,46)38(27)28-9-4-3-5-10-28/h3-6,9-10,12,14-15,17-18,22-23,27,31,33,36,38H,7-8,11,13,16,19-21,24-26H2,1-2H3,(H,42,44)/b12-6+/t27-,31-,33+,36-,38-,40-/m0/s1. The first-order valence-corrected chi connectivity index (χ1v) is 19.8. The van der Waals surface area contributed by atoms with Crippen molar-refractivity contribution in [2.75, 3.05) is 44.9 Å². The van der Waals surface area contributed by atoms with Crippen LogP contribution < -0.4 is 14.4 Å². The normalized spacial score (nSPS) is 29.8. The maximum Gasteiger partial charge on any atom is 0.264 e. The minimum absolute atomic E-state index is 0.129. The molecule has 1 amide bonds. The molecule has 2 aliphatic heterocycles. The molecular formula is C40H47ClN2O6S. The highest BCUT2D eigenvalue weighted by molar-refractivity contribution is 7.90. The maximum absolute atomic E-state index is 14.1. The fourth-order valence-electron chi connectivity index (χ4n) is 8.64. The second-order valence-electron chi connectivity index (χ2n) is 14.6. The first-order valence-electron chi connectivity index (χ1n) is 17.9. The number of aryl methyl sites for hydroxylation is 1. The average molecular weight is 719 g/mol. The summed E-state index contributed by atoms with van der Waals surface area (Å²) >= 11 is 6.46. The Morgan fingerprint density at radius 3 is 2.68 bits per heavy atom. The van der Waals surface area contributed by atoms with Gasteiger partial charge in [-0.1, -0.05) is 67.1 Å². The van der Waals surface area contributed by atoms with E-state index in [9.17, 15) is 13.2 Å². The summed E-state index contributed by atoms with van der Waals surface area (Å²) in [7, 11) is -2.45. The number of methoxy groups -OCH3 is 1. The molecule has 6 atom stereocenters. The van der Waals surface area contributed by atoms with Gasteiger partial charge in [0.25, 0.3) is 5.91 Å². The topological polar surface area (TPSA) is 94.2 Å². The first-order chi connectivity index (χ1) is 24.2. The molecule has 0 radical (unpaired) electrons. The van der Waals surface area contributed by atoms with Crippen LogP contribution in [0.4, 0.5) is 5.69 Å². The monoisotopic (exact) mass is 718 g/mol. The number of carbonyl (C=O) groups is 1. The molecule has 3 aromatic carbocycles. The summed E-state index contributed by atoms with van der Waals surface area (Å²) < 4.78 is 49.1. The molecule has 3 aromatic rings. The van der Waals surface area contributed by atoms with Crippen molar-refractivity contribution in [1.29, 1.82) is 0 Å². The Morgan fingerprint density at radius 2 is 1.90 bits per heavy atom. The van der Waals surface area contributed by atoms with E-state index in [0.29, 0.717) is 50.0 Å². The number of nitrogens with one attached hydrogen (secondary N) is 1. The molecule has 2 heterocycles. The number of carbonyl (C=O) groups excluding carboxylic acids is 1. The Bertz CT molecular complexity index is 1830. The molecule has 2 bridgehead atoms. The molecule has 266 valence electrons. The third-order valence-electron chi connectivity index (χ3n) is 11.3. The van der Waals surface area contributed by atoms with E-state index in [1.165, 1.54) is 11.1 Å². The van der Waals surface area contributed by atoms with Crippen molar-refractivity contribution in [2.24, 2.45) is 17.8 Å². The second-order valence-corrected chi connectivity index (χ2v) is 16.8. The molecule has 0 unspecified atom stereocenters. The van der Waals surface area contributed by atoms with Crippen LogP contribution in [0.2, 0.25) is 5.02 Å². The summed E-state index contributed by atoms with van der Waals surface area (Å²) in [4.78, 5) is 16.3. The number of anilines is 1. The van der Waals surface area contributed by atoms with Gasteiger partial charge in [0.05, 0.1) is 31.6 Å². The van der Waals surface area contributed by atoms with Crippen molar-refractivity contribution in [2.45, 2.75) is 62.2 Å². The summed E-state index contributed by atoms with van der Waals surface area (Å²) in [5, 5.41) is -0.196. The van der Waals surface area contributed by atoms with Crippen molar-refractivity contribution < 1.29 is 27.4 Å². The smallest absolute Gasteiger partial charge is 0.264 e. The highest BCUT2D eigenvalue weighted by Crippen LogP contribution is 2.47. The predicted molar refractivity (Wildman–Crippen MR) is 197 cm³/mol. The molecule has 50 heavy (non-hydrogen) atoms. The van der Waals surface area contributed by atoms with Crippen LogP contribution in [0.3, 0.4) is 0 Å². The number of hydrogen-bond donors (Lipinski definition) is 1. The van der Waals surface area contributed by atoms with E-state index < -0.39 is 21.2 Å². The molecule has 7 rings (SSSR count). The largest absolute Gasteiger partial charge is 0.490 e. The van der Waals surface area contributed by atoms with Gasteiger partial charge in [-0.15, -0.1) is 0 Å². The third kappa shape index (κ3) is 7.07. The molecular weight excluding hydrogens is 672 g/mol. The van der Waals surface area contributed by atoms with Gasteiger partial charge in [-0.05, 0) is 103 Å². The van der Waals surface area contributed by atoms with E-state index in [-0.39, 0.29) is 28.9 Å². The quantitative estimate of drug-likeness (QED) is 0.219. The lowest BCUT2D eigenvalue weighted by Crippen LogP contribution is -2.49. The Labute approximate surface area is 301 Å². The number of amides is 1. The Kier molecular flexibility index (Phi) is 10.3. The number of hydrogen-bond acceptors (Lipinski definition) is 7. The zero-order valence-corrected chi connectivity index (χ0v) is 30.4. The molecule has 0 saturated heterocycles. The van der Waals surface area contributed by atoms with Crippen molar-refractivity contribution in [1.82, 2.24) is 4.72 Å². The lowest BCUT2D eigenvalue weighted by atomic mass is 9.68. The van der Waals surface area contributed by atoms with Crippen LogP contribution in [0.25, 0.3) is 0 Å². The Balaban J connectivity index is 1.31. The number of nitrogens with zero attached hydrogens (tertiary/aromatic N) is 1. The van der Waals surface area contributed by atoms with Crippen LogP contribution in [0.15, 0.2) is 78.9 Å². The van der Waals surface area contributed by atoms with Gasteiger partial charge < -0.3 is 19.1 Å². The van der Waals surface area contributed by atoms with Gasteiger partial charge in [0, 0.05) is 36.2 Å². The van der Waals surface area contributed by atoms with Crippen LogP contribution in [0.1, 0.15) is 71.3 Å². The molecule has 8 nitrogen and oxygen atoms in total. The maximum atomic E-state index is 14.1. The molecule has 0 aromatic heterocycles. The van der Waals surface area contributed by atoms with Gasteiger partial charge in [-0.3, -0.25) is 4.79 Å². The summed E-state index contributed by atoms with van der Waals surface area (Å²) in [6.07, 6.45) is 9.65. The summed E-state index contributed by atoms with van der Waals surface area (Å²) in [6.45, 7) is 4.87. The van der Waals surface area contributed by atoms with Crippen molar-refractivity contribution in [3.8, 4) is 5.75 Å². The van der Waals surface area contributed by atoms with Crippen molar-refractivity contribution >= 4 is 33.2 Å². The summed E-state index contributed by atoms with van der Waals surface area (Å²) in [5.74, 6) is 0.372. The zero-order chi connectivity index (χ0) is 34.9. The van der Waals surface area contributed by atoms with Gasteiger partial charge in [0.2, 0.25) is 10.0 Å². The summed E-state index contributed by atoms with van der Waals surface area (Å²) in [6, 6.07) is 20.7.